The molecule has 1 aromatic carbocycles. The van der Waals surface area contributed by atoms with E-state index >= 15 is 0 Å². The van der Waals surface area contributed by atoms with Gasteiger partial charge in [0.15, 0.2) is 11.2 Å². The van der Waals surface area contributed by atoms with Crippen LogP contribution in [0.15, 0.2) is 48.7 Å². The van der Waals surface area contributed by atoms with E-state index < -0.39 is 17.8 Å². The summed E-state index contributed by atoms with van der Waals surface area (Å²) in [6, 6.07) is 9.74. The number of thioether (sulfide) groups is 1. The van der Waals surface area contributed by atoms with Crippen molar-refractivity contribution in [2.24, 2.45) is 5.92 Å². The molecule has 1 N–H and O–H groups in total. The molecule has 2 amide bonds. The Kier molecular flexibility index (Phi) is 6.65. The number of rotatable bonds is 6. The number of anilines is 1. The first-order valence-corrected chi connectivity index (χ1v) is 11.5. The van der Waals surface area contributed by atoms with Gasteiger partial charge in [-0.05, 0) is 49.2 Å². The zero-order valence-corrected chi connectivity index (χ0v) is 17.8. The Morgan fingerprint density at radius 3 is 2.48 bits per heavy atom. The average molecular weight is 442 g/mol. The lowest BCUT2D eigenvalue weighted by Crippen LogP contribution is -2.48. The zero-order chi connectivity index (χ0) is 21.8. The first-order chi connectivity index (χ1) is 15.0. The van der Waals surface area contributed by atoms with Gasteiger partial charge in [-0.1, -0.05) is 30.7 Å². The van der Waals surface area contributed by atoms with Gasteiger partial charge in [0.25, 0.3) is 0 Å². The van der Waals surface area contributed by atoms with Crippen LogP contribution >= 0.6 is 11.8 Å². The van der Waals surface area contributed by atoms with Crippen molar-refractivity contribution in [1.29, 1.82) is 0 Å². The first-order valence-electron chi connectivity index (χ1n) is 10.5. The van der Waals surface area contributed by atoms with Crippen LogP contribution in [0.1, 0.15) is 43.8 Å². The highest BCUT2D eigenvalue weighted by atomic mass is 32.2. The van der Waals surface area contributed by atoms with E-state index in [2.05, 4.69) is 10.3 Å². The third kappa shape index (κ3) is 4.95. The van der Waals surface area contributed by atoms with Gasteiger partial charge in [-0.2, -0.15) is 0 Å². The molecule has 1 aliphatic heterocycles. The van der Waals surface area contributed by atoms with Gasteiger partial charge in [0, 0.05) is 30.1 Å². The van der Waals surface area contributed by atoms with E-state index in [9.17, 15) is 18.8 Å². The topological polar surface area (TPSA) is 79.4 Å². The first kappa shape index (κ1) is 21.5. The lowest BCUT2D eigenvalue weighted by Gasteiger charge is -2.33. The van der Waals surface area contributed by atoms with Crippen molar-refractivity contribution >= 4 is 34.4 Å². The third-order valence-electron chi connectivity index (χ3n) is 5.73. The Bertz CT molecular complexity index is 948. The van der Waals surface area contributed by atoms with Crippen LogP contribution in [0, 0.1) is 11.7 Å². The summed E-state index contributed by atoms with van der Waals surface area (Å²) in [5.74, 6) is -1.25. The Morgan fingerprint density at radius 2 is 1.87 bits per heavy atom. The van der Waals surface area contributed by atoms with Crippen LogP contribution in [0.5, 0.6) is 0 Å². The van der Waals surface area contributed by atoms with E-state index in [4.69, 9.17) is 0 Å². The van der Waals surface area contributed by atoms with Crippen molar-refractivity contribution in [2.45, 2.75) is 44.2 Å². The van der Waals surface area contributed by atoms with Crippen molar-refractivity contribution in [3.63, 3.8) is 0 Å². The van der Waals surface area contributed by atoms with Crippen LogP contribution in [0.25, 0.3) is 0 Å². The molecule has 4 rings (SSSR count). The normalized spacial score (nSPS) is 19.9. The fourth-order valence-electron chi connectivity index (χ4n) is 4.14. The number of amides is 2. The maximum Gasteiger partial charge on any atom is 0.249 e. The summed E-state index contributed by atoms with van der Waals surface area (Å²) in [5.41, 5.74) is 0.820. The highest BCUT2D eigenvalue weighted by molar-refractivity contribution is 8.14. The van der Waals surface area contributed by atoms with E-state index in [1.807, 2.05) is 0 Å². The second-order valence-corrected chi connectivity index (χ2v) is 8.99. The van der Waals surface area contributed by atoms with Crippen molar-refractivity contribution < 1.29 is 18.8 Å². The van der Waals surface area contributed by atoms with Gasteiger partial charge < -0.3 is 5.32 Å². The van der Waals surface area contributed by atoms with Gasteiger partial charge in [-0.25, -0.2) is 4.39 Å². The third-order valence-corrected chi connectivity index (χ3v) is 6.78. The Balaban J connectivity index is 1.74. The fraction of sp³-hybridized carbons (Fsp3) is 0.391. The van der Waals surface area contributed by atoms with Crippen LogP contribution in [-0.4, -0.2) is 33.7 Å². The molecular formula is C23H24FN3O3S. The summed E-state index contributed by atoms with van der Waals surface area (Å²) in [6.07, 6.45) is 5.62. The summed E-state index contributed by atoms with van der Waals surface area (Å²) in [5, 5.41) is 3.03. The molecule has 162 valence electrons. The molecule has 2 fully saturated rings. The van der Waals surface area contributed by atoms with Gasteiger partial charge in [0.1, 0.15) is 5.82 Å². The molecule has 2 aliphatic rings. The molecule has 1 saturated carbocycles. The van der Waals surface area contributed by atoms with Gasteiger partial charge in [-0.3, -0.25) is 24.3 Å². The van der Waals surface area contributed by atoms with Crippen LogP contribution in [-0.2, 0) is 14.4 Å². The molecule has 2 heterocycles. The highest BCUT2D eigenvalue weighted by Gasteiger charge is 2.40. The second kappa shape index (κ2) is 9.60. The van der Waals surface area contributed by atoms with E-state index in [0.717, 1.165) is 37.4 Å². The molecule has 8 heteroatoms. The number of nitrogens with zero attached hydrogens (tertiary/aromatic N) is 2. The molecule has 2 aromatic rings. The standard InChI is InChI=1S/C23H24FN3O3S/c24-16-8-10-18(11-9-16)27(23(30)15-13-20(28)31-14-15)21(19-7-3-4-12-25-19)22(29)26-17-5-1-2-6-17/h3-4,7-12,15,17,21H,1-2,5-6,13-14H2,(H,26,29)/t15-,21-/m1/s1. The molecule has 6 nitrogen and oxygen atoms in total. The van der Waals surface area contributed by atoms with Crippen molar-refractivity contribution in [3.05, 3.63) is 60.2 Å². The minimum atomic E-state index is -1.01. The predicted octanol–water partition coefficient (Wildman–Crippen LogP) is 3.63. The fourth-order valence-corrected chi connectivity index (χ4v) is 5.11. The smallest absolute Gasteiger partial charge is 0.249 e. The molecular weight excluding hydrogens is 417 g/mol. The lowest BCUT2D eigenvalue weighted by atomic mass is 10.0. The van der Waals surface area contributed by atoms with Crippen molar-refractivity contribution in [2.75, 3.05) is 10.7 Å². The molecule has 0 unspecified atom stereocenters. The minimum absolute atomic E-state index is 0.0396. The van der Waals surface area contributed by atoms with Crippen molar-refractivity contribution in [3.8, 4) is 0 Å². The number of carbonyl (C=O) groups is 3. The molecule has 0 radical (unpaired) electrons. The van der Waals surface area contributed by atoms with E-state index in [1.165, 1.54) is 29.2 Å². The number of hydrogen-bond acceptors (Lipinski definition) is 5. The van der Waals surface area contributed by atoms with Gasteiger partial charge in [-0.15, -0.1) is 0 Å². The molecule has 1 aliphatic carbocycles. The predicted molar refractivity (Wildman–Crippen MR) is 117 cm³/mol. The SMILES string of the molecule is O=C1C[C@@H](C(=O)N(c2ccc(F)cc2)[C@@H](C(=O)NC2CCCC2)c2ccccn2)CS1. The Labute approximate surface area is 184 Å². The maximum absolute atomic E-state index is 13.6. The van der Waals surface area contributed by atoms with Gasteiger partial charge in [0.2, 0.25) is 11.8 Å². The van der Waals surface area contributed by atoms with Gasteiger partial charge >= 0.3 is 0 Å². The highest BCUT2D eigenvalue weighted by Crippen LogP contribution is 2.34. The largest absolute Gasteiger partial charge is 0.351 e. The van der Waals surface area contributed by atoms with E-state index in [1.54, 1.807) is 24.4 Å². The quantitative estimate of drug-likeness (QED) is 0.741. The number of benzene rings is 1. The summed E-state index contributed by atoms with van der Waals surface area (Å²) >= 11 is 1.13. The van der Waals surface area contributed by atoms with Gasteiger partial charge in [0.05, 0.1) is 11.6 Å². The number of halogens is 1. The molecule has 31 heavy (non-hydrogen) atoms. The monoisotopic (exact) mass is 441 g/mol. The Morgan fingerprint density at radius 1 is 1.13 bits per heavy atom. The molecule has 0 bridgehead atoms. The lowest BCUT2D eigenvalue weighted by molar-refractivity contribution is -0.129. The summed E-state index contributed by atoms with van der Waals surface area (Å²) in [7, 11) is 0. The maximum atomic E-state index is 13.6. The number of hydrogen-bond donors (Lipinski definition) is 1. The molecule has 1 saturated heterocycles. The molecule has 1 aromatic heterocycles. The van der Waals surface area contributed by atoms with Crippen LogP contribution < -0.4 is 10.2 Å². The molecule has 0 spiro atoms. The van der Waals surface area contributed by atoms with Crippen LogP contribution in [0.4, 0.5) is 10.1 Å². The summed E-state index contributed by atoms with van der Waals surface area (Å²) in [4.78, 5) is 44.6. The van der Waals surface area contributed by atoms with E-state index in [0.29, 0.717) is 17.1 Å². The number of aromatic nitrogens is 1. The van der Waals surface area contributed by atoms with Crippen LogP contribution in [0.3, 0.4) is 0 Å². The molecule has 2 atom stereocenters. The average Bonchev–Trinajstić information content (AvgIpc) is 3.44. The summed E-state index contributed by atoms with van der Waals surface area (Å²) in [6.45, 7) is 0. The second-order valence-electron chi connectivity index (χ2n) is 7.92. The summed E-state index contributed by atoms with van der Waals surface area (Å²) < 4.78 is 13.6. The number of pyridine rings is 1. The Hall–Kier alpha value is -2.74. The van der Waals surface area contributed by atoms with E-state index in [-0.39, 0.29) is 29.4 Å². The minimum Gasteiger partial charge on any atom is -0.351 e. The number of carbonyl (C=O) groups excluding carboxylic acids is 3. The van der Waals surface area contributed by atoms with Crippen LogP contribution in [0.2, 0.25) is 0 Å². The van der Waals surface area contributed by atoms with Crippen molar-refractivity contribution in [1.82, 2.24) is 10.3 Å². The number of nitrogens with one attached hydrogen (secondary N) is 1. The zero-order valence-electron chi connectivity index (χ0n) is 17.0.